The molecule has 0 saturated carbocycles. The SMILES string of the molecule is COc1ccc(CCN(C(=O)Cn2nnc3ccccc32)C(C(=O)NC(C)(C)C)c2ccccc2F)cc1OC. The van der Waals surface area contributed by atoms with E-state index >= 15 is 4.39 Å². The van der Waals surface area contributed by atoms with Crippen LogP contribution in [-0.4, -0.2) is 58.0 Å². The van der Waals surface area contributed by atoms with Gasteiger partial charge in [-0.3, -0.25) is 9.59 Å². The Morgan fingerprint density at radius 1 is 1.00 bits per heavy atom. The van der Waals surface area contributed by atoms with Gasteiger partial charge < -0.3 is 19.7 Å². The first-order valence-corrected chi connectivity index (χ1v) is 13.0. The van der Waals surface area contributed by atoms with Gasteiger partial charge in [-0.25, -0.2) is 9.07 Å². The summed E-state index contributed by atoms with van der Waals surface area (Å²) in [5, 5.41) is 11.2. The van der Waals surface area contributed by atoms with Gasteiger partial charge in [0.05, 0.1) is 19.7 Å². The van der Waals surface area contributed by atoms with E-state index in [1.807, 2.05) is 51.1 Å². The molecule has 1 aromatic heterocycles. The van der Waals surface area contributed by atoms with Crippen molar-refractivity contribution in [3.8, 4) is 11.5 Å². The first-order chi connectivity index (χ1) is 19.1. The van der Waals surface area contributed by atoms with Crippen LogP contribution in [-0.2, 0) is 22.6 Å². The minimum atomic E-state index is -1.22. The van der Waals surface area contributed by atoms with Crippen LogP contribution in [0.1, 0.15) is 37.9 Å². The van der Waals surface area contributed by atoms with E-state index in [9.17, 15) is 9.59 Å². The molecule has 1 heterocycles. The van der Waals surface area contributed by atoms with Crippen LogP contribution in [0.5, 0.6) is 11.5 Å². The number of nitrogens with one attached hydrogen (secondary N) is 1. The number of ether oxygens (including phenoxy) is 2. The standard InChI is InChI=1S/C30H34FN5O4/c1-30(2,3)32-29(38)28(21-10-6-7-11-22(21)31)35(17-16-20-14-15-25(39-4)26(18-20)40-5)27(37)19-36-24-13-9-8-12-23(24)33-34-36/h6-15,18,28H,16-17,19H2,1-5H3,(H,32,38). The lowest BCUT2D eigenvalue weighted by atomic mass is 10.00. The predicted molar refractivity (Wildman–Crippen MR) is 150 cm³/mol. The van der Waals surface area contributed by atoms with Crippen molar-refractivity contribution in [2.24, 2.45) is 0 Å². The molecular formula is C30H34FN5O4. The van der Waals surface area contributed by atoms with Crippen LogP contribution in [0.2, 0.25) is 0 Å². The molecule has 1 unspecified atom stereocenters. The first kappa shape index (κ1) is 28.5. The number of hydrogen-bond acceptors (Lipinski definition) is 6. The number of methoxy groups -OCH3 is 2. The predicted octanol–water partition coefficient (Wildman–Crippen LogP) is 4.31. The molecule has 0 aliphatic heterocycles. The average Bonchev–Trinajstić information content (AvgIpc) is 3.33. The molecule has 0 aliphatic rings. The summed E-state index contributed by atoms with van der Waals surface area (Å²) >= 11 is 0. The number of fused-ring (bicyclic) bond motifs is 1. The van der Waals surface area contributed by atoms with Crippen LogP contribution in [0.4, 0.5) is 4.39 Å². The fourth-order valence-corrected chi connectivity index (χ4v) is 4.52. The van der Waals surface area contributed by atoms with Gasteiger partial charge in [0.25, 0.3) is 0 Å². The van der Waals surface area contributed by atoms with E-state index in [0.717, 1.165) is 5.56 Å². The number of carbonyl (C=O) groups excluding carboxylic acids is 2. The number of aromatic nitrogens is 3. The Morgan fingerprint density at radius 2 is 1.70 bits per heavy atom. The van der Waals surface area contributed by atoms with Gasteiger partial charge in [0.2, 0.25) is 11.8 Å². The third-order valence-electron chi connectivity index (χ3n) is 6.37. The molecule has 4 aromatic rings. The lowest BCUT2D eigenvalue weighted by Gasteiger charge is -2.34. The van der Waals surface area contributed by atoms with Crippen molar-refractivity contribution in [2.75, 3.05) is 20.8 Å². The third-order valence-corrected chi connectivity index (χ3v) is 6.37. The van der Waals surface area contributed by atoms with E-state index in [-0.39, 0.29) is 18.7 Å². The third kappa shape index (κ3) is 6.56. The van der Waals surface area contributed by atoms with E-state index in [0.29, 0.717) is 29.0 Å². The Bertz CT molecular complexity index is 1500. The average molecular weight is 548 g/mol. The molecule has 0 spiro atoms. The van der Waals surface area contributed by atoms with Crippen molar-refractivity contribution in [1.82, 2.24) is 25.2 Å². The Labute approximate surface area is 232 Å². The summed E-state index contributed by atoms with van der Waals surface area (Å²) in [5.74, 6) is -0.351. The number of carbonyl (C=O) groups is 2. The molecule has 0 aliphatic carbocycles. The topological polar surface area (TPSA) is 98.6 Å². The molecule has 9 nitrogen and oxygen atoms in total. The summed E-state index contributed by atoms with van der Waals surface area (Å²) in [6.07, 6.45) is 0.373. The molecule has 2 amide bonds. The summed E-state index contributed by atoms with van der Waals surface area (Å²) in [5.41, 5.74) is 1.67. The van der Waals surface area contributed by atoms with Crippen molar-refractivity contribution in [3.05, 3.63) is 83.7 Å². The molecule has 0 saturated heterocycles. The minimum absolute atomic E-state index is 0.105. The lowest BCUT2D eigenvalue weighted by molar-refractivity contribution is -0.142. The summed E-state index contributed by atoms with van der Waals surface area (Å²) in [4.78, 5) is 29.1. The van der Waals surface area contributed by atoms with E-state index < -0.39 is 29.2 Å². The van der Waals surface area contributed by atoms with Crippen molar-refractivity contribution in [1.29, 1.82) is 0 Å². The summed E-state index contributed by atoms with van der Waals surface area (Å²) in [6, 6.07) is 17.6. The Morgan fingerprint density at radius 3 is 2.40 bits per heavy atom. The maximum absolute atomic E-state index is 15.2. The zero-order chi connectivity index (χ0) is 28.9. The highest BCUT2D eigenvalue weighted by Gasteiger charge is 2.35. The van der Waals surface area contributed by atoms with E-state index in [4.69, 9.17) is 9.47 Å². The molecule has 0 fully saturated rings. The number of nitrogens with zero attached hydrogens (tertiary/aromatic N) is 4. The van der Waals surface area contributed by atoms with Crippen LogP contribution in [0.25, 0.3) is 11.0 Å². The highest BCUT2D eigenvalue weighted by molar-refractivity contribution is 5.89. The van der Waals surface area contributed by atoms with E-state index in [1.165, 1.54) is 21.7 Å². The molecular weight excluding hydrogens is 513 g/mol. The Kier molecular flexibility index (Phi) is 8.67. The number of benzene rings is 3. The number of hydrogen-bond donors (Lipinski definition) is 1. The van der Waals surface area contributed by atoms with Gasteiger partial charge in [-0.1, -0.05) is 41.6 Å². The van der Waals surface area contributed by atoms with Crippen molar-refractivity contribution in [3.63, 3.8) is 0 Å². The van der Waals surface area contributed by atoms with E-state index in [1.54, 1.807) is 38.5 Å². The molecule has 10 heteroatoms. The molecule has 40 heavy (non-hydrogen) atoms. The number of amides is 2. The maximum atomic E-state index is 15.2. The van der Waals surface area contributed by atoms with Crippen LogP contribution >= 0.6 is 0 Å². The number of rotatable bonds is 10. The molecule has 0 radical (unpaired) electrons. The molecule has 210 valence electrons. The second-order valence-electron chi connectivity index (χ2n) is 10.4. The molecule has 3 aromatic carbocycles. The summed E-state index contributed by atoms with van der Waals surface area (Å²) in [6.45, 7) is 5.44. The van der Waals surface area contributed by atoms with Gasteiger partial charge in [-0.15, -0.1) is 5.10 Å². The van der Waals surface area contributed by atoms with Crippen LogP contribution < -0.4 is 14.8 Å². The smallest absolute Gasteiger partial charge is 0.247 e. The zero-order valence-electron chi connectivity index (χ0n) is 23.3. The second kappa shape index (κ2) is 12.1. The quantitative estimate of drug-likeness (QED) is 0.318. The van der Waals surface area contributed by atoms with Gasteiger partial charge in [0.15, 0.2) is 11.5 Å². The Hall–Kier alpha value is -4.47. The van der Waals surface area contributed by atoms with Gasteiger partial charge in [0.1, 0.15) is 23.9 Å². The molecule has 4 rings (SSSR count). The maximum Gasteiger partial charge on any atom is 0.247 e. The van der Waals surface area contributed by atoms with E-state index in [2.05, 4.69) is 15.6 Å². The van der Waals surface area contributed by atoms with Gasteiger partial charge in [-0.2, -0.15) is 0 Å². The Balaban J connectivity index is 1.74. The van der Waals surface area contributed by atoms with Crippen molar-refractivity contribution >= 4 is 22.8 Å². The normalized spacial score (nSPS) is 12.2. The van der Waals surface area contributed by atoms with Crippen LogP contribution in [0.3, 0.4) is 0 Å². The highest BCUT2D eigenvalue weighted by Crippen LogP contribution is 2.29. The largest absolute Gasteiger partial charge is 0.493 e. The molecule has 1 atom stereocenters. The van der Waals surface area contributed by atoms with Crippen molar-refractivity contribution < 1.29 is 23.5 Å². The lowest BCUT2D eigenvalue weighted by Crippen LogP contribution is -2.50. The summed E-state index contributed by atoms with van der Waals surface area (Å²) in [7, 11) is 3.10. The highest BCUT2D eigenvalue weighted by atomic mass is 19.1. The van der Waals surface area contributed by atoms with Gasteiger partial charge in [-0.05, 0) is 63.1 Å². The molecule has 1 N–H and O–H groups in total. The summed E-state index contributed by atoms with van der Waals surface area (Å²) < 4.78 is 27.5. The first-order valence-electron chi connectivity index (χ1n) is 13.0. The number of para-hydroxylation sites is 1. The van der Waals surface area contributed by atoms with Gasteiger partial charge in [0, 0.05) is 17.6 Å². The number of halogens is 1. The zero-order valence-corrected chi connectivity index (χ0v) is 23.3. The molecule has 0 bridgehead atoms. The minimum Gasteiger partial charge on any atom is -0.493 e. The van der Waals surface area contributed by atoms with Crippen molar-refractivity contribution in [2.45, 2.75) is 45.3 Å². The van der Waals surface area contributed by atoms with Gasteiger partial charge >= 0.3 is 0 Å². The fourth-order valence-electron chi connectivity index (χ4n) is 4.52. The second-order valence-corrected chi connectivity index (χ2v) is 10.4. The monoisotopic (exact) mass is 547 g/mol. The van der Waals surface area contributed by atoms with Crippen LogP contribution in [0, 0.1) is 5.82 Å². The fraction of sp³-hybridized carbons (Fsp3) is 0.333. The van der Waals surface area contributed by atoms with Crippen LogP contribution in [0.15, 0.2) is 66.7 Å².